The van der Waals surface area contributed by atoms with E-state index in [1.165, 1.54) is 4.90 Å². The molecule has 3 N–H and O–H groups in total. The fourth-order valence-corrected chi connectivity index (χ4v) is 2.06. The van der Waals surface area contributed by atoms with Crippen LogP contribution in [0.15, 0.2) is 0 Å². The van der Waals surface area contributed by atoms with Crippen LogP contribution in [-0.2, 0) is 4.74 Å². The Labute approximate surface area is 103 Å². The zero-order valence-electron chi connectivity index (χ0n) is 11.4. The minimum Gasteiger partial charge on any atom is -0.444 e. The molecule has 0 bridgehead atoms. The molecule has 2 atom stereocenters. The number of hydrogen-bond acceptors (Lipinski definition) is 4. The summed E-state index contributed by atoms with van der Waals surface area (Å²) in [7, 11) is 0. The van der Waals surface area contributed by atoms with Gasteiger partial charge in [-0.15, -0.1) is 0 Å². The lowest BCUT2D eigenvalue weighted by molar-refractivity contribution is -0.0240. The Balaban J connectivity index is 2.78. The third-order valence-electron chi connectivity index (χ3n) is 2.78. The first-order valence-corrected chi connectivity index (χ1v) is 5.98. The van der Waals surface area contributed by atoms with Crippen LogP contribution in [0.1, 0.15) is 41.0 Å². The van der Waals surface area contributed by atoms with Crippen molar-refractivity contribution >= 4 is 6.09 Å². The number of rotatable bonds is 1. The predicted molar refractivity (Wildman–Crippen MR) is 65.6 cm³/mol. The predicted octanol–water partition coefficient (Wildman–Crippen LogP) is 1.09. The van der Waals surface area contributed by atoms with Crippen LogP contribution < -0.4 is 5.73 Å². The first-order chi connectivity index (χ1) is 7.50. The standard InChI is InChI=1S/C12H24N2O3/c1-11(2,3)17-10(15)14-7-8(13)6-9(14)12(4,5)16/h8-9,16H,6-7,13H2,1-5H3/t8-,9-/m0/s1. The van der Waals surface area contributed by atoms with Crippen molar-refractivity contribution in [1.82, 2.24) is 4.90 Å². The van der Waals surface area contributed by atoms with E-state index < -0.39 is 17.3 Å². The molecule has 1 heterocycles. The molecular weight excluding hydrogens is 220 g/mol. The van der Waals surface area contributed by atoms with E-state index >= 15 is 0 Å². The summed E-state index contributed by atoms with van der Waals surface area (Å²) in [6, 6.07) is -0.383. The molecule has 1 saturated heterocycles. The van der Waals surface area contributed by atoms with Crippen molar-refractivity contribution in [2.24, 2.45) is 5.73 Å². The summed E-state index contributed by atoms with van der Waals surface area (Å²) in [4.78, 5) is 13.5. The third-order valence-corrected chi connectivity index (χ3v) is 2.78. The molecule has 1 fully saturated rings. The molecule has 1 amide bonds. The minimum absolute atomic E-state index is 0.0982. The van der Waals surface area contributed by atoms with Gasteiger partial charge in [0.25, 0.3) is 0 Å². The van der Waals surface area contributed by atoms with E-state index in [0.717, 1.165) is 0 Å². The van der Waals surface area contributed by atoms with Gasteiger partial charge in [-0.2, -0.15) is 0 Å². The Bertz CT molecular complexity index is 291. The Morgan fingerprint density at radius 3 is 2.29 bits per heavy atom. The molecular formula is C12H24N2O3. The minimum atomic E-state index is -0.967. The molecule has 0 aromatic carbocycles. The Hall–Kier alpha value is -0.810. The average Bonchev–Trinajstić information content (AvgIpc) is 2.43. The summed E-state index contributed by atoms with van der Waals surface area (Å²) in [6.45, 7) is 9.27. The Kier molecular flexibility index (Phi) is 3.74. The van der Waals surface area contributed by atoms with Gasteiger partial charge in [0.05, 0.1) is 11.6 Å². The van der Waals surface area contributed by atoms with Crippen LogP contribution in [0.3, 0.4) is 0 Å². The molecule has 1 aliphatic heterocycles. The van der Waals surface area contributed by atoms with Crippen LogP contribution in [0, 0.1) is 0 Å². The van der Waals surface area contributed by atoms with Crippen LogP contribution in [0.25, 0.3) is 0 Å². The number of nitrogens with zero attached hydrogens (tertiary/aromatic N) is 1. The number of carbonyl (C=O) groups is 1. The van der Waals surface area contributed by atoms with E-state index in [-0.39, 0.29) is 12.1 Å². The van der Waals surface area contributed by atoms with Crippen molar-refractivity contribution in [2.75, 3.05) is 6.54 Å². The van der Waals surface area contributed by atoms with E-state index in [4.69, 9.17) is 10.5 Å². The fourth-order valence-electron chi connectivity index (χ4n) is 2.06. The van der Waals surface area contributed by atoms with Gasteiger partial charge in [0.1, 0.15) is 5.60 Å². The molecule has 5 heteroatoms. The number of carbonyl (C=O) groups excluding carboxylic acids is 1. The molecule has 0 aromatic rings. The van der Waals surface area contributed by atoms with Gasteiger partial charge in [0.15, 0.2) is 0 Å². The number of aliphatic hydroxyl groups is 1. The molecule has 0 aromatic heterocycles. The zero-order chi connectivity index (χ0) is 13.4. The summed E-state index contributed by atoms with van der Waals surface area (Å²) in [5.41, 5.74) is 4.35. The van der Waals surface area contributed by atoms with Crippen molar-refractivity contribution in [2.45, 2.75) is 64.3 Å². The van der Waals surface area contributed by atoms with E-state index in [1.54, 1.807) is 13.8 Å². The van der Waals surface area contributed by atoms with Gasteiger partial charge in [0.2, 0.25) is 0 Å². The topological polar surface area (TPSA) is 75.8 Å². The molecule has 1 rings (SSSR count). The van der Waals surface area contributed by atoms with Crippen molar-refractivity contribution in [3.8, 4) is 0 Å². The number of hydrogen-bond donors (Lipinski definition) is 2. The maximum atomic E-state index is 12.0. The monoisotopic (exact) mass is 244 g/mol. The molecule has 0 radical (unpaired) electrons. The van der Waals surface area contributed by atoms with Gasteiger partial charge in [-0.05, 0) is 41.0 Å². The van der Waals surface area contributed by atoms with Crippen molar-refractivity contribution in [3.05, 3.63) is 0 Å². The second kappa shape index (κ2) is 4.46. The maximum Gasteiger partial charge on any atom is 0.410 e. The average molecular weight is 244 g/mol. The maximum absolute atomic E-state index is 12.0. The zero-order valence-corrected chi connectivity index (χ0v) is 11.4. The highest BCUT2D eigenvalue weighted by atomic mass is 16.6. The summed E-state index contributed by atoms with van der Waals surface area (Å²) in [6.07, 6.45) is 0.195. The van der Waals surface area contributed by atoms with Crippen LogP contribution in [0.2, 0.25) is 0 Å². The normalized spacial score (nSPS) is 26.2. The van der Waals surface area contributed by atoms with Crippen LogP contribution in [0.4, 0.5) is 4.79 Å². The second-order valence-electron chi connectivity index (χ2n) is 6.30. The lowest BCUT2D eigenvalue weighted by Crippen LogP contribution is -2.49. The summed E-state index contributed by atoms with van der Waals surface area (Å²) in [5.74, 6) is 0. The highest BCUT2D eigenvalue weighted by molar-refractivity contribution is 5.69. The lowest BCUT2D eigenvalue weighted by Gasteiger charge is -2.34. The Morgan fingerprint density at radius 2 is 1.88 bits per heavy atom. The van der Waals surface area contributed by atoms with Crippen LogP contribution >= 0.6 is 0 Å². The quantitative estimate of drug-likeness (QED) is 0.724. The largest absolute Gasteiger partial charge is 0.444 e. The lowest BCUT2D eigenvalue weighted by atomic mass is 9.96. The number of ether oxygens (including phenoxy) is 1. The molecule has 0 aliphatic carbocycles. The summed E-state index contributed by atoms with van der Waals surface area (Å²) >= 11 is 0. The van der Waals surface area contributed by atoms with Crippen molar-refractivity contribution < 1.29 is 14.6 Å². The molecule has 17 heavy (non-hydrogen) atoms. The summed E-state index contributed by atoms with van der Waals surface area (Å²) < 4.78 is 5.32. The van der Waals surface area contributed by atoms with Crippen molar-refractivity contribution in [1.29, 1.82) is 0 Å². The van der Waals surface area contributed by atoms with Gasteiger partial charge in [-0.3, -0.25) is 0 Å². The van der Waals surface area contributed by atoms with E-state index in [2.05, 4.69) is 0 Å². The second-order valence-corrected chi connectivity index (χ2v) is 6.30. The fraction of sp³-hybridized carbons (Fsp3) is 0.917. The van der Waals surface area contributed by atoms with Gasteiger partial charge in [0, 0.05) is 12.6 Å². The van der Waals surface area contributed by atoms with Crippen LogP contribution in [0.5, 0.6) is 0 Å². The molecule has 0 unspecified atom stereocenters. The highest BCUT2D eigenvalue weighted by Gasteiger charge is 2.43. The smallest absolute Gasteiger partial charge is 0.410 e. The first kappa shape index (κ1) is 14.3. The molecule has 5 nitrogen and oxygen atoms in total. The Morgan fingerprint density at radius 1 is 1.35 bits per heavy atom. The molecule has 1 aliphatic rings. The van der Waals surface area contributed by atoms with Crippen LogP contribution in [-0.4, -0.2) is 45.9 Å². The van der Waals surface area contributed by atoms with Crippen molar-refractivity contribution in [3.63, 3.8) is 0 Å². The highest BCUT2D eigenvalue weighted by Crippen LogP contribution is 2.27. The number of nitrogens with two attached hydrogens (primary N) is 1. The first-order valence-electron chi connectivity index (χ1n) is 5.98. The summed E-state index contributed by atoms with van der Waals surface area (Å²) in [5, 5.41) is 10.0. The molecule has 0 spiro atoms. The SMILES string of the molecule is CC(C)(C)OC(=O)N1C[C@@H](N)C[C@H]1C(C)(C)O. The van der Waals surface area contributed by atoms with E-state index in [0.29, 0.717) is 13.0 Å². The van der Waals surface area contributed by atoms with Gasteiger partial charge in [-0.25, -0.2) is 4.79 Å². The third kappa shape index (κ3) is 3.85. The van der Waals surface area contributed by atoms with E-state index in [1.807, 2.05) is 20.8 Å². The van der Waals surface area contributed by atoms with Gasteiger partial charge >= 0.3 is 6.09 Å². The van der Waals surface area contributed by atoms with Gasteiger partial charge in [-0.1, -0.05) is 0 Å². The number of likely N-dealkylation sites (tertiary alicyclic amines) is 1. The van der Waals surface area contributed by atoms with E-state index in [9.17, 15) is 9.90 Å². The molecule has 100 valence electrons. The number of amides is 1. The van der Waals surface area contributed by atoms with Gasteiger partial charge < -0.3 is 20.5 Å². The molecule has 0 saturated carbocycles.